The number of benzene rings is 3. The number of halogens is 9. The van der Waals surface area contributed by atoms with E-state index in [9.17, 15) is 39.5 Å². The van der Waals surface area contributed by atoms with Gasteiger partial charge in [0.2, 0.25) is 5.82 Å². The Morgan fingerprint density at radius 2 is 1.17 bits per heavy atom. The Labute approximate surface area is 193 Å². The lowest BCUT2D eigenvalue weighted by atomic mass is 9.91. The van der Waals surface area contributed by atoms with Crippen LogP contribution in [-0.2, 0) is 0 Å². The van der Waals surface area contributed by atoms with Crippen molar-refractivity contribution in [3.05, 3.63) is 124 Å². The highest BCUT2D eigenvalue weighted by atomic mass is 19.2. The van der Waals surface area contributed by atoms with E-state index in [0.717, 1.165) is 0 Å². The first kappa shape index (κ1) is 24.3. The average molecular weight is 495 g/mol. The topological polar surface area (TPSA) is 0 Å². The highest BCUT2D eigenvalue weighted by Crippen LogP contribution is 2.34. The molecule has 0 atom stereocenters. The van der Waals surface area contributed by atoms with E-state index >= 15 is 0 Å². The van der Waals surface area contributed by atoms with Crippen LogP contribution in [0.4, 0.5) is 39.5 Å². The first-order valence-corrected chi connectivity index (χ1v) is 9.92. The summed E-state index contributed by atoms with van der Waals surface area (Å²) in [5.74, 6) is -17.2. The van der Waals surface area contributed by atoms with Gasteiger partial charge in [0.1, 0.15) is 5.56 Å². The molecule has 3 aromatic carbocycles. The Bertz CT molecular complexity index is 1420. The van der Waals surface area contributed by atoms with Crippen LogP contribution in [0.1, 0.15) is 18.1 Å². The molecule has 0 saturated heterocycles. The van der Waals surface area contributed by atoms with E-state index < -0.39 is 63.5 Å². The molecule has 0 aromatic heterocycles. The van der Waals surface area contributed by atoms with Gasteiger partial charge in [0.05, 0.1) is 11.1 Å². The fourth-order valence-corrected chi connectivity index (χ4v) is 3.59. The molecule has 9 heteroatoms. The van der Waals surface area contributed by atoms with Gasteiger partial charge in [-0.05, 0) is 30.7 Å². The smallest absolute Gasteiger partial charge is 0.200 e. The molecule has 35 heavy (non-hydrogen) atoms. The maximum absolute atomic E-state index is 14.1. The summed E-state index contributed by atoms with van der Waals surface area (Å²) in [5, 5.41) is 0. The summed E-state index contributed by atoms with van der Waals surface area (Å²) in [5.41, 5.74) is 0.0154. The van der Waals surface area contributed by atoms with Crippen LogP contribution in [-0.4, -0.2) is 0 Å². The van der Waals surface area contributed by atoms with Crippen LogP contribution in [0.3, 0.4) is 0 Å². The van der Waals surface area contributed by atoms with Crippen molar-refractivity contribution in [3.8, 4) is 11.1 Å². The van der Waals surface area contributed by atoms with E-state index in [0.29, 0.717) is 22.8 Å². The molecular weight excluding hydrogens is 483 g/mol. The monoisotopic (exact) mass is 495 g/mol. The van der Waals surface area contributed by atoms with Crippen molar-refractivity contribution in [2.45, 2.75) is 6.92 Å². The van der Waals surface area contributed by atoms with Gasteiger partial charge in [-0.1, -0.05) is 12.1 Å². The number of allylic oxidation sites excluding steroid dienone is 6. The number of hydrogen-bond acceptors (Lipinski definition) is 0. The van der Waals surface area contributed by atoms with Gasteiger partial charge in [-0.25, -0.2) is 39.5 Å². The quantitative estimate of drug-likeness (QED) is 0.149. The zero-order valence-corrected chi connectivity index (χ0v) is 17.6. The maximum Gasteiger partial charge on any atom is 0.200 e. The molecule has 0 bridgehead atoms. The molecule has 3 aromatic rings. The van der Waals surface area contributed by atoms with E-state index in [2.05, 4.69) is 0 Å². The molecule has 1 aliphatic carbocycles. The fraction of sp³-hybridized carbons (Fsp3) is 0.0385. The molecule has 178 valence electrons. The van der Waals surface area contributed by atoms with Gasteiger partial charge in [-0.3, -0.25) is 0 Å². The van der Waals surface area contributed by atoms with Crippen LogP contribution in [0, 0.1) is 58.8 Å². The van der Waals surface area contributed by atoms with E-state index in [-0.39, 0.29) is 11.1 Å². The third-order valence-electron chi connectivity index (χ3n) is 5.55. The van der Waals surface area contributed by atoms with Gasteiger partial charge in [0.25, 0.3) is 0 Å². The molecule has 1 aliphatic rings. The van der Waals surface area contributed by atoms with Crippen LogP contribution in [0.25, 0.3) is 22.3 Å². The lowest BCUT2D eigenvalue weighted by Crippen LogP contribution is -2.07. The second-order valence-electron chi connectivity index (χ2n) is 7.57. The summed E-state index contributed by atoms with van der Waals surface area (Å²) in [4.78, 5) is 0. The van der Waals surface area contributed by atoms with Gasteiger partial charge in [0.15, 0.2) is 46.5 Å². The van der Waals surface area contributed by atoms with Crippen molar-refractivity contribution < 1.29 is 39.5 Å². The van der Waals surface area contributed by atoms with Crippen molar-refractivity contribution >= 4 is 11.1 Å². The summed E-state index contributed by atoms with van der Waals surface area (Å²) in [6.45, 7) is 1.67. The molecule has 0 radical (unpaired) electrons. The molecule has 0 saturated carbocycles. The Morgan fingerprint density at radius 1 is 0.629 bits per heavy atom. The summed E-state index contributed by atoms with van der Waals surface area (Å²) in [6.07, 6.45) is 5.18. The lowest BCUT2D eigenvalue weighted by Gasteiger charge is -2.10. The predicted molar refractivity (Wildman–Crippen MR) is 112 cm³/mol. The number of rotatable bonds is 3. The fourth-order valence-electron chi connectivity index (χ4n) is 3.59. The molecule has 0 nitrogen and oxygen atoms in total. The van der Waals surface area contributed by atoms with Gasteiger partial charge >= 0.3 is 0 Å². The average Bonchev–Trinajstić information content (AvgIpc) is 2.87. The van der Waals surface area contributed by atoms with E-state index in [1.54, 1.807) is 6.92 Å². The van der Waals surface area contributed by atoms with Crippen molar-refractivity contribution in [3.63, 3.8) is 0 Å². The molecule has 0 spiro atoms. The van der Waals surface area contributed by atoms with Crippen molar-refractivity contribution in [1.29, 1.82) is 0 Å². The second-order valence-corrected chi connectivity index (χ2v) is 7.57. The van der Waals surface area contributed by atoms with Crippen LogP contribution < -0.4 is 0 Å². The van der Waals surface area contributed by atoms with Gasteiger partial charge < -0.3 is 0 Å². The van der Waals surface area contributed by atoms with Gasteiger partial charge in [0, 0.05) is 41.3 Å². The Morgan fingerprint density at radius 3 is 1.71 bits per heavy atom. The third kappa shape index (κ3) is 4.11. The molecule has 0 N–H and O–H groups in total. The second kappa shape index (κ2) is 9.05. The summed E-state index contributed by atoms with van der Waals surface area (Å²) < 4.78 is 123. The van der Waals surface area contributed by atoms with Gasteiger partial charge in [-0.15, -0.1) is 0 Å². The van der Waals surface area contributed by atoms with Crippen molar-refractivity contribution in [1.82, 2.24) is 0 Å². The van der Waals surface area contributed by atoms with Crippen LogP contribution in [0.2, 0.25) is 0 Å². The van der Waals surface area contributed by atoms with Crippen LogP contribution in [0.15, 0.2) is 54.1 Å². The summed E-state index contributed by atoms with van der Waals surface area (Å²) >= 11 is 0. The molecule has 0 unspecified atom stereocenters. The summed E-state index contributed by atoms with van der Waals surface area (Å²) in [7, 11) is 0. The first-order chi connectivity index (χ1) is 16.5. The number of hydrogen-bond donors (Lipinski definition) is 0. The molecule has 0 amide bonds. The predicted octanol–water partition coefficient (Wildman–Crippen LogP) is 8.24. The molecule has 0 heterocycles. The lowest BCUT2D eigenvalue weighted by molar-refractivity contribution is 0.376. The third-order valence-corrected chi connectivity index (χ3v) is 5.55. The summed E-state index contributed by atoms with van der Waals surface area (Å²) in [6, 6.07) is 6.26. The molecule has 0 fully saturated rings. The van der Waals surface area contributed by atoms with Crippen molar-refractivity contribution in [2.24, 2.45) is 0 Å². The minimum atomic E-state index is -2.25. The normalized spacial score (nSPS) is 14.6. The minimum absolute atomic E-state index is 0.0820. The first-order valence-electron chi connectivity index (χ1n) is 9.92. The Kier molecular flexibility index (Phi) is 6.27. The van der Waals surface area contributed by atoms with Crippen LogP contribution >= 0.6 is 0 Å². The molecular formula is C26H12F9+. The zero-order valence-electron chi connectivity index (χ0n) is 17.6. The van der Waals surface area contributed by atoms with Gasteiger partial charge in [-0.2, -0.15) is 0 Å². The Hall–Kier alpha value is -3.88. The van der Waals surface area contributed by atoms with E-state index in [1.807, 2.05) is 0 Å². The van der Waals surface area contributed by atoms with Crippen LogP contribution in [0.5, 0.6) is 0 Å². The Balaban J connectivity index is 1.63. The minimum Gasteiger partial charge on any atom is -0.204 e. The largest absolute Gasteiger partial charge is 0.204 e. The highest BCUT2D eigenvalue weighted by molar-refractivity contribution is 5.83. The molecule has 0 aliphatic heterocycles. The molecule has 4 rings (SSSR count). The van der Waals surface area contributed by atoms with E-state index in [4.69, 9.17) is 0 Å². The zero-order chi connectivity index (χ0) is 25.6. The maximum atomic E-state index is 14.1. The standard InChI is InChI=1S/C26H12F9/c1-11(12-2-6-14(7-3-12)16-10-17(27)20(29)23(32)19(16)28)13-4-8-15(9-5-13)18-21(30)24(33)26(35)25(34)22(18)31/h2-10H,1H3/q+1. The van der Waals surface area contributed by atoms with Crippen molar-refractivity contribution in [2.75, 3.05) is 0 Å². The highest BCUT2D eigenvalue weighted by Gasteiger charge is 2.30. The van der Waals surface area contributed by atoms with E-state index in [1.165, 1.54) is 48.9 Å². The SMILES string of the molecule is CC(=C1C=CC(c2c(F)c(F)c(F)c(F)c2F)=C[CH+]1)c1ccc(-c2cc(F)c(F)c(F)c2F)cc1.